The minimum absolute atomic E-state index is 0.706. The molecule has 0 aliphatic carbocycles. The first kappa shape index (κ1) is 11.4. The molecule has 16 heavy (non-hydrogen) atoms. The fraction of sp³-hybridized carbons (Fsp3) is 0.462. The van der Waals surface area contributed by atoms with Crippen LogP contribution in [0.2, 0.25) is 0 Å². The van der Waals surface area contributed by atoms with Crippen LogP contribution in [-0.4, -0.2) is 9.55 Å². The summed E-state index contributed by atoms with van der Waals surface area (Å²) < 4.78 is 3.03. The van der Waals surface area contributed by atoms with Gasteiger partial charge in [0.2, 0.25) is 0 Å². The van der Waals surface area contributed by atoms with E-state index in [0.717, 1.165) is 23.3 Å². The Kier molecular flexibility index (Phi) is 3.15. The first-order valence-electron chi connectivity index (χ1n) is 5.77. The number of hydrogen-bond donors (Lipinski definition) is 1. The van der Waals surface area contributed by atoms with Gasteiger partial charge in [-0.3, -0.25) is 0 Å². The number of aromatic amines is 1. The maximum Gasteiger partial charge on any atom is 0.178 e. The Morgan fingerprint density at radius 3 is 2.81 bits per heavy atom. The smallest absolute Gasteiger partial charge is 0.178 e. The summed E-state index contributed by atoms with van der Waals surface area (Å²) in [6.45, 7) is 7.58. The van der Waals surface area contributed by atoms with Crippen molar-refractivity contribution >= 4 is 23.3 Å². The maximum atomic E-state index is 5.36. The van der Waals surface area contributed by atoms with Crippen LogP contribution in [0.5, 0.6) is 0 Å². The van der Waals surface area contributed by atoms with Gasteiger partial charge in [0, 0.05) is 6.54 Å². The summed E-state index contributed by atoms with van der Waals surface area (Å²) >= 11 is 5.36. The topological polar surface area (TPSA) is 20.7 Å². The molecule has 0 atom stereocenters. The Labute approximate surface area is 101 Å². The molecule has 2 aromatic rings. The molecule has 0 saturated carbocycles. The molecule has 2 rings (SSSR count). The van der Waals surface area contributed by atoms with E-state index in [1.807, 2.05) is 0 Å². The van der Waals surface area contributed by atoms with Crippen molar-refractivity contribution in [3.8, 4) is 0 Å². The van der Waals surface area contributed by atoms with Gasteiger partial charge in [0.05, 0.1) is 11.0 Å². The summed E-state index contributed by atoms with van der Waals surface area (Å²) in [5.74, 6) is 0.706. The Morgan fingerprint density at radius 1 is 1.38 bits per heavy atom. The average molecular weight is 234 g/mol. The molecule has 0 saturated heterocycles. The Balaban J connectivity index is 2.44. The van der Waals surface area contributed by atoms with E-state index < -0.39 is 0 Å². The number of fused-ring (bicyclic) bond motifs is 1. The zero-order chi connectivity index (χ0) is 11.7. The van der Waals surface area contributed by atoms with E-state index in [2.05, 4.69) is 48.5 Å². The Bertz CT molecular complexity index is 549. The first-order valence-corrected chi connectivity index (χ1v) is 6.18. The van der Waals surface area contributed by atoms with Gasteiger partial charge in [0.1, 0.15) is 0 Å². The predicted octanol–water partition coefficient (Wildman–Crippen LogP) is 4.05. The molecule has 0 aliphatic heterocycles. The highest BCUT2D eigenvalue weighted by molar-refractivity contribution is 7.71. The molecule has 1 aromatic carbocycles. The molecule has 0 radical (unpaired) electrons. The zero-order valence-corrected chi connectivity index (χ0v) is 10.9. The molecule has 3 heteroatoms. The van der Waals surface area contributed by atoms with E-state index in [9.17, 15) is 0 Å². The van der Waals surface area contributed by atoms with Gasteiger partial charge in [-0.1, -0.05) is 19.9 Å². The largest absolute Gasteiger partial charge is 0.331 e. The average Bonchev–Trinajstić information content (AvgIpc) is 2.50. The number of aryl methyl sites for hydroxylation is 2. The lowest BCUT2D eigenvalue weighted by Crippen LogP contribution is -2.01. The number of nitrogens with zero attached hydrogens (tertiary/aromatic N) is 1. The molecule has 0 spiro atoms. The molecular formula is C13H18N2S. The minimum Gasteiger partial charge on any atom is -0.331 e. The van der Waals surface area contributed by atoms with E-state index in [-0.39, 0.29) is 0 Å². The lowest BCUT2D eigenvalue weighted by Gasteiger charge is -2.06. The molecule has 1 aromatic heterocycles. The predicted molar refractivity (Wildman–Crippen MR) is 71.3 cm³/mol. The molecule has 1 N–H and O–H groups in total. The molecule has 1 heterocycles. The number of imidazole rings is 1. The van der Waals surface area contributed by atoms with Gasteiger partial charge in [-0.05, 0) is 49.2 Å². The van der Waals surface area contributed by atoms with Crippen LogP contribution < -0.4 is 0 Å². The van der Waals surface area contributed by atoms with Crippen molar-refractivity contribution in [2.75, 3.05) is 0 Å². The van der Waals surface area contributed by atoms with E-state index >= 15 is 0 Å². The summed E-state index contributed by atoms with van der Waals surface area (Å²) in [5, 5.41) is 0. The summed E-state index contributed by atoms with van der Waals surface area (Å²) in [6, 6.07) is 6.44. The number of aromatic nitrogens is 2. The van der Waals surface area contributed by atoms with E-state index in [4.69, 9.17) is 12.2 Å². The summed E-state index contributed by atoms with van der Waals surface area (Å²) in [7, 11) is 0. The second-order valence-corrected chi connectivity index (χ2v) is 5.17. The van der Waals surface area contributed by atoms with Crippen molar-refractivity contribution in [2.45, 2.75) is 33.7 Å². The van der Waals surface area contributed by atoms with Crippen LogP contribution in [0.1, 0.15) is 25.8 Å². The third-order valence-electron chi connectivity index (χ3n) is 2.86. The summed E-state index contributed by atoms with van der Waals surface area (Å²) in [5.41, 5.74) is 3.63. The molecular weight excluding hydrogens is 216 g/mol. The van der Waals surface area contributed by atoms with E-state index in [1.54, 1.807) is 0 Å². The number of H-pyrrole nitrogens is 1. The fourth-order valence-corrected chi connectivity index (χ4v) is 2.19. The highest BCUT2D eigenvalue weighted by atomic mass is 32.1. The number of hydrogen-bond acceptors (Lipinski definition) is 1. The van der Waals surface area contributed by atoms with Gasteiger partial charge < -0.3 is 9.55 Å². The van der Waals surface area contributed by atoms with Crippen molar-refractivity contribution in [3.05, 3.63) is 28.5 Å². The molecule has 2 nitrogen and oxygen atoms in total. The molecule has 0 bridgehead atoms. The van der Waals surface area contributed by atoms with Gasteiger partial charge in [0.25, 0.3) is 0 Å². The normalized spacial score (nSPS) is 11.5. The Morgan fingerprint density at radius 2 is 2.12 bits per heavy atom. The van der Waals surface area contributed by atoms with Crippen LogP contribution in [0.15, 0.2) is 18.2 Å². The van der Waals surface area contributed by atoms with E-state index in [1.165, 1.54) is 11.1 Å². The number of benzene rings is 1. The van der Waals surface area contributed by atoms with Gasteiger partial charge in [-0.2, -0.15) is 0 Å². The zero-order valence-electron chi connectivity index (χ0n) is 10.1. The molecule has 0 aliphatic rings. The molecule has 86 valence electrons. The summed E-state index contributed by atoms with van der Waals surface area (Å²) in [6.07, 6.45) is 1.16. The molecule has 0 amide bonds. The van der Waals surface area contributed by atoms with Crippen molar-refractivity contribution < 1.29 is 0 Å². The lowest BCUT2D eigenvalue weighted by molar-refractivity contribution is 0.520. The first-order chi connectivity index (χ1) is 7.58. The summed E-state index contributed by atoms with van der Waals surface area (Å²) in [4.78, 5) is 3.27. The highest BCUT2D eigenvalue weighted by Gasteiger charge is 2.04. The van der Waals surface area contributed by atoms with Crippen LogP contribution >= 0.6 is 12.2 Å². The quantitative estimate of drug-likeness (QED) is 0.794. The van der Waals surface area contributed by atoms with Crippen LogP contribution in [0.4, 0.5) is 0 Å². The van der Waals surface area contributed by atoms with Crippen LogP contribution in [0.25, 0.3) is 11.0 Å². The second kappa shape index (κ2) is 4.42. The minimum atomic E-state index is 0.706. The molecule has 0 fully saturated rings. The number of rotatable bonds is 3. The number of nitrogens with one attached hydrogen (secondary N) is 1. The monoisotopic (exact) mass is 234 g/mol. The van der Waals surface area contributed by atoms with Crippen molar-refractivity contribution in [2.24, 2.45) is 5.92 Å². The van der Waals surface area contributed by atoms with Gasteiger partial charge in [-0.15, -0.1) is 0 Å². The standard InChI is InChI=1S/C13H18N2S/c1-9(2)6-7-15-12-5-4-10(3)8-11(12)14-13(15)16/h4-5,8-9H,6-7H2,1-3H3,(H,14,16). The second-order valence-electron chi connectivity index (χ2n) is 4.78. The van der Waals surface area contributed by atoms with Crippen molar-refractivity contribution in [3.63, 3.8) is 0 Å². The molecule has 0 unspecified atom stereocenters. The Hall–Kier alpha value is -1.09. The van der Waals surface area contributed by atoms with Gasteiger partial charge in [0.15, 0.2) is 4.77 Å². The van der Waals surface area contributed by atoms with E-state index in [0.29, 0.717) is 5.92 Å². The third kappa shape index (κ3) is 2.19. The van der Waals surface area contributed by atoms with Crippen LogP contribution in [0.3, 0.4) is 0 Å². The lowest BCUT2D eigenvalue weighted by atomic mass is 10.1. The van der Waals surface area contributed by atoms with Crippen LogP contribution in [0, 0.1) is 17.6 Å². The SMILES string of the molecule is Cc1ccc2c(c1)[nH]c(=S)n2CCC(C)C. The van der Waals surface area contributed by atoms with Gasteiger partial charge in [-0.25, -0.2) is 0 Å². The maximum absolute atomic E-state index is 5.36. The highest BCUT2D eigenvalue weighted by Crippen LogP contribution is 2.17. The fourth-order valence-electron chi connectivity index (χ4n) is 1.89. The van der Waals surface area contributed by atoms with Gasteiger partial charge >= 0.3 is 0 Å². The van der Waals surface area contributed by atoms with Crippen LogP contribution in [-0.2, 0) is 6.54 Å². The third-order valence-corrected chi connectivity index (χ3v) is 3.18. The van der Waals surface area contributed by atoms with Crippen molar-refractivity contribution in [1.82, 2.24) is 9.55 Å². The van der Waals surface area contributed by atoms with Crippen molar-refractivity contribution in [1.29, 1.82) is 0 Å².